The summed E-state index contributed by atoms with van der Waals surface area (Å²) in [5.41, 5.74) is 3.92. The lowest BCUT2D eigenvalue weighted by Crippen LogP contribution is -2.17. The van der Waals surface area contributed by atoms with Crippen LogP contribution in [0.2, 0.25) is 0 Å². The molecule has 0 saturated carbocycles. The van der Waals surface area contributed by atoms with Crippen LogP contribution < -0.4 is 5.32 Å². The van der Waals surface area contributed by atoms with Crippen molar-refractivity contribution < 1.29 is 4.79 Å². The van der Waals surface area contributed by atoms with Gasteiger partial charge >= 0.3 is 0 Å². The van der Waals surface area contributed by atoms with Crippen LogP contribution in [-0.4, -0.2) is 5.91 Å². The number of nitriles is 1. The molecule has 1 N–H and O–H groups in total. The molecule has 0 saturated heterocycles. The second-order valence-corrected chi connectivity index (χ2v) is 8.23. The van der Waals surface area contributed by atoms with E-state index in [0.717, 1.165) is 39.8 Å². The van der Waals surface area contributed by atoms with Gasteiger partial charge in [0.05, 0.1) is 9.39 Å². The van der Waals surface area contributed by atoms with Crippen molar-refractivity contribution in [3.63, 3.8) is 0 Å². The second-order valence-electron chi connectivity index (χ2n) is 6.54. The lowest BCUT2D eigenvalue weighted by Gasteiger charge is -2.23. The number of benzene rings is 1. The molecule has 1 unspecified atom stereocenters. The number of hydrogen-bond acceptors (Lipinski definition) is 4. The minimum Gasteiger partial charge on any atom is -0.317 e. The van der Waals surface area contributed by atoms with Crippen LogP contribution in [0.25, 0.3) is 0 Å². The number of nitrogens with zero attached hydrogens (tertiary/aromatic N) is 1. The molecule has 0 radical (unpaired) electrons. The summed E-state index contributed by atoms with van der Waals surface area (Å²) in [5, 5.41) is 13.2. The summed E-state index contributed by atoms with van der Waals surface area (Å²) in [4.78, 5) is 12.3. The third kappa shape index (κ3) is 4.15. The van der Waals surface area contributed by atoms with Gasteiger partial charge in [-0.1, -0.05) is 49.5 Å². The fourth-order valence-electron chi connectivity index (χ4n) is 3.24. The lowest BCUT2D eigenvalue weighted by molar-refractivity contribution is -0.116. The maximum absolute atomic E-state index is 12.3. The van der Waals surface area contributed by atoms with Crippen LogP contribution in [0.4, 0.5) is 5.00 Å². The van der Waals surface area contributed by atoms with E-state index in [2.05, 4.69) is 18.3 Å². The first-order valence-corrected chi connectivity index (χ1v) is 9.73. The first-order valence-electron chi connectivity index (χ1n) is 8.51. The van der Waals surface area contributed by atoms with Crippen molar-refractivity contribution in [2.24, 2.45) is 5.92 Å². The molecule has 128 valence electrons. The smallest absolute Gasteiger partial charge is 0.225 e. The Morgan fingerprint density at radius 3 is 2.84 bits per heavy atom. The highest BCUT2D eigenvalue weighted by molar-refractivity contribution is 7.73. The zero-order chi connectivity index (χ0) is 17.8. The highest BCUT2D eigenvalue weighted by atomic mass is 32.1. The van der Waals surface area contributed by atoms with E-state index in [1.807, 2.05) is 30.3 Å². The Labute approximate surface area is 157 Å². The first-order chi connectivity index (χ1) is 12.1. The molecule has 0 bridgehead atoms. The van der Waals surface area contributed by atoms with Crippen LogP contribution >= 0.6 is 23.6 Å². The molecule has 3 nitrogen and oxygen atoms in total. The third-order valence-electron chi connectivity index (χ3n) is 4.62. The monoisotopic (exact) mass is 368 g/mol. The number of fused-ring (bicyclic) bond motifs is 1. The fourth-order valence-corrected chi connectivity index (χ4v) is 4.65. The van der Waals surface area contributed by atoms with E-state index in [1.54, 1.807) is 0 Å². The lowest BCUT2D eigenvalue weighted by atomic mass is 9.85. The Morgan fingerprint density at radius 1 is 1.36 bits per heavy atom. The number of carbonyl (C=O) groups is 1. The van der Waals surface area contributed by atoms with Gasteiger partial charge in [0, 0.05) is 6.42 Å². The van der Waals surface area contributed by atoms with E-state index < -0.39 is 0 Å². The van der Waals surface area contributed by atoms with Gasteiger partial charge in [0.1, 0.15) is 11.1 Å². The maximum Gasteiger partial charge on any atom is 0.225 e. The van der Waals surface area contributed by atoms with E-state index >= 15 is 0 Å². The van der Waals surface area contributed by atoms with Gasteiger partial charge in [-0.05, 0) is 48.3 Å². The molecule has 1 aromatic heterocycles. The molecule has 1 aromatic carbocycles. The average Bonchev–Trinajstić information content (AvgIpc) is 2.62. The minimum atomic E-state index is -0.0740. The molecular formula is C20H20N2OS2. The number of rotatable bonds is 4. The molecule has 0 fully saturated rings. The predicted octanol–water partition coefficient (Wildman–Crippen LogP) is 5.05. The number of amides is 1. The Balaban J connectivity index is 1.78. The highest BCUT2D eigenvalue weighted by Crippen LogP contribution is 2.35. The van der Waals surface area contributed by atoms with E-state index in [4.69, 9.17) is 12.2 Å². The van der Waals surface area contributed by atoms with Gasteiger partial charge in [-0.2, -0.15) is 5.26 Å². The van der Waals surface area contributed by atoms with Crippen molar-refractivity contribution >= 4 is 34.5 Å². The van der Waals surface area contributed by atoms with Crippen molar-refractivity contribution in [2.75, 3.05) is 5.32 Å². The molecule has 1 atom stereocenters. The number of carbonyl (C=O) groups excluding carboxylic acids is 1. The summed E-state index contributed by atoms with van der Waals surface area (Å²) in [6.45, 7) is 2.22. The van der Waals surface area contributed by atoms with Gasteiger partial charge < -0.3 is 5.32 Å². The Kier molecular flexibility index (Phi) is 5.62. The molecule has 2 aromatic rings. The average molecular weight is 369 g/mol. The predicted molar refractivity (Wildman–Crippen MR) is 104 cm³/mol. The van der Waals surface area contributed by atoms with Gasteiger partial charge in [0.2, 0.25) is 5.91 Å². The van der Waals surface area contributed by atoms with E-state index in [9.17, 15) is 10.1 Å². The largest absolute Gasteiger partial charge is 0.317 e. The summed E-state index contributed by atoms with van der Waals surface area (Å²) >= 11 is 6.89. The van der Waals surface area contributed by atoms with E-state index in [0.29, 0.717) is 29.3 Å². The molecule has 3 rings (SSSR count). The number of aryl methyl sites for hydroxylation is 1. The van der Waals surface area contributed by atoms with Crippen molar-refractivity contribution in [2.45, 2.75) is 39.0 Å². The summed E-state index contributed by atoms with van der Waals surface area (Å²) in [6, 6.07) is 12.2. The number of hydrogen-bond donors (Lipinski definition) is 1. The Bertz CT molecular complexity index is 881. The molecule has 25 heavy (non-hydrogen) atoms. The van der Waals surface area contributed by atoms with Gasteiger partial charge in [0.15, 0.2) is 0 Å². The molecular weight excluding hydrogens is 348 g/mol. The van der Waals surface area contributed by atoms with Crippen LogP contribution in [-0.2, 0) is 24.1 Å². The Hall–Kier alpha value is -2.03. The zero-order valence-corrected chi connectivity index (χ0v) is 15.8. The fraction of sp³-hybridized carbons (Fsp3) is 0.350. The second kappa shape index (κ2) is 7.90. The molecule has 0 spiro atoms. The van der Waals surface area contributed by atoms with Crippen LogP contribution in [0.1, 0.15) is 42.0 Å². The zero-order valence-electron chi connectivity index (χ0n) is 14.2. The molecule has 5 heteroatoms. The topological polar surface area (TPSA) is 52.9 Å². The summed E-state index contributed by atoms with van der Waals surface area (Å²) in [6.07, 6.45) is 3.93. The highest BCUT2D eigenvalue weighted by Gasteiger charge is 2.23. The minimum absolute atomic E-state index is 0.0740. The van der Waals surface area contributed by atoms with E-state index in [-0.39, 0.29) is 5.91 Å². The molecule has 1 aliphatic rings. The quantitative estimate of drug-likeness (QED) is 0.769. The SMILES string of the molecule is CC1CCc2c(C#N)c(NC(=O)CCc3ccccc3)sc(=S)c2C1. The van der Waals surface area contributed by atoms with Gasteiger partial charge in [-0.15, -0.1) is 11.3 Å². The van der Waals surface area contributed by atoms with Gasteiger partial charge in [0.25, 0.3) is 0 Å². The van der Waals surface area contributed by atoms with E-state index in [1.165, 1.54) is 11.3 Å². The van der Waals surface area contributed by atoms with Crippen LogP contribution in [0.3, 0.4) is 0 Å². The molecule has 0 aliphatic heterocycles. The van der Waals surface area contributed by atoms with Crippen molar-refractivity contribution in [1.29, 1.82) is 5.26 Å². The third-order valence-corrected chi connectivity index (χ3v) is 6.06. The standard InChI is InChI=1S/C20H20N2OS2/c1-13-7-9-15-16(11-13)20(24)25-19(17(15)12-21)22-18(23)10-8-14-5-3-2-4-6-14/h2-6,13H,7-11H2,1H3,(H,22,23). The van der Waals surface area contributed by atoms with Crippen LogP contribution in [0.15, 0.2) is 30.3 Å². The van der Waals surface area contributed by atoms with Crippen molar-refractivity contribution in [1.82, 2.24) is 0 Å². The molecule has 1 amide bonds. The van der Waals surface area contributed by atoms with Crippen molar-refractivity contribution in [3.8, 4) is 6.07 Å². The Morgan fingerprint density at radius 2 is 2.12 bits per heavy atom. The van der Waals surface area contributed by atoms with Gasteiger partial charge in [-0.3, -0.25) is 4.79 Å². The van der Waals surface area contributed by atoms with Crippen LogP contribution in [0.5, 0.6) is 0 Å². The normalized spacial score (nSPS) is 15.9. The summed E-state index contributed by atoms with van der Waals surface area (Å²) in [7, 11) is 0. The van der Waals surface area contributed by atoms with Gasteiger partial charge in [-0.25, -0.2) is 0 Å². The summed E-state index contributed by atoms with van der Waals surface area (Å²) in [5.74, 6) is 0.523. The summed E-state index contributed by atoms with van der Waals surface area (Å²) < 4.78 is 0.805. The first kappa shape index (κ1) is 17.8. The number of nitrogens with one attached hydrogen (secondary N) is 1. The number of anilines is 1. The maximum atomic E-state index is 12.3. The van der Waals surface area contributed by atoms with Crippen molar-refractivity contribution in [3.05, 3.63) is 56.4 Å². The van der Waals surface area contributed by atoms with Crippen LogP contribution in [0, 0.1) is 21.1 Å². The molecule has 1 heterocycles. The molecule has 1 aliphatic carbocycles.